The average molecular weight is 209 g/mol. The molecule has 3 rings (SSSR count). The summed E-state index contributed by atoms with van der Waals surface area (Å²) < 4.78 is 0. The fourth-order valence-corrected chi connectivity index (χ4v) is 2.44. The average Bonchev–Trinajstić information content (AvgIpc) is 2.29. The van der Waals surface area contributed by atoms with Crippen LogP contribution in [0, 0.1) is 12.8 Å². The van der Waals surface area contributed by atoms with Crippen molar-refractivity contribution in [1.82, 2.24) is 4.98 Å². The number of para-hydroxylation sites is 1. The molecule has 1 unspecified atom stereocenters. The van der Waals surface area contributed by atoms with E-state index in [1.165, 1.54) is 16.2 Å². The van der Waals surface area contributed by atoms with Crippen LogP contribution >= 0.6 is 0 Å². The number of benzene rings is 1. The molecule has 1 aliphatic carbocycles. The van der Waals surface area contributed by atoms with Gasteiger partial charge in [-0.15, -0.1) is 0 Å². The van der Waals surface area contributed by atoms with Gasteiger partial charge in [0.15, 0.2) is 0 Å². The van der Waals surface area contributed by atoms with E-state index in [2.05, 4.69) is 50.3 Å². The summed E-state index contributed by atoms with van der Waals surface area (Å²) in [7, 11) is 0. The maximum Gasteiger partial charge on any atom is 0.0712 e. The van der Waals surface area contributed by atoms with E-state index in [9.17, 15) is 0 Å². The van der Waals surface area contributed by atoms with Crippen molar-refractivity contribution < 1.29 is 0 Å². The summed E-state index contributed by atoms with van der Waals surface area (Å²) in [6, 6.07) is 8.38. The Labute approximate surface area is 95.1 Å². The van der Waals surface area contributed by atoms with Gasteiger partial charge >= 0.3 is 0 Å². The highest BCUT2D eigenvalue weighted by atomic mass is 14.7. The van der Waals surface area contributed by atoms with Crippen molar-refractivity contribution in [2.75, 3.05) is 0 Å². The third-order valence-corrected chi connectivity index (χ3v) is 3.37. The third-order valence-electron chi connectivity index (χ3n) is 3.37. The number of hydrogen-bond donors (Lipinski definition) is 0. The van der Waals surface area contributed by atoms with Gasteiger partial charge in [0.1, 0.15) is 0 Å². The molecule has 1 aromatic heterocycles. The van der Waals surface area contributed by atoms with Gasteiger partial charge in [-0.2, -0.15) is 0 Å². The first-order valence-corrected chi connectivity index (χ1v) is 5.83. The number of rotatable bonds is 0. The van der Waals surface area contributed by atoms with Crippen molar-refractivity contribution in [2.24, 2.45) is 5.92 Å². The van der Waals surface area contributed by atoms with Crippen molar-refractivity contribution in [3.05, 3.63) is 40.4 Å². The van der Waals surface area contributed by atoms with Gasteiger partial charge in [-0.1, -0.05) is 37.3 Å². The molecule has 1 heterocycles. The van der Waals surface area contributed by atoms with E-state index in [1.54, 1.807) is 0 Å². The summed E-state index contributed by atoms with van der Waals surface area (Å²) in [5, 5.41) is 3.77. The maximum absolute atomic E-state index is 4.74. The monoisotopic (exact) mass is 209 g/mol. The second-order valence-corrected chi connectivity index (χ2v) is 4.64. The molecule has 0 N–H and O–H groups in total. The minimum absolute atomic E-state index is 0.612. The molecule has 0 saturated carbocycles. The van der Waals surface area contributed by atoms with Crippen LogP contribution in [-0.2, 0) is 0 Å². The molecule has 0 saturated heterocycles. The Morgan fingerprint density at radius 2 is 2.06 bits per heavy atom. The van der Waals surface area contributed by atoms with E-state index in [1.807, 2.05) is 0 Å². The van der Waals surface area contributed by atoms with E-state index in [4.69, 9.17) is 4.98 Å². The molecular weight excluding hydrogens is 194 g/mol. The summed E-state index contributed by atoms with van der Waals surface area (Å²) in [4.78, 5) is 4.74. The molecule has 1 heteroatoms. The Bertz CT molecular complexity index is 668. The van der Waals surface area contributed by atoms with Gasteiger partial charge in [0.2, 0.25) is 0 Å². The molecule has 0 amide bonds. The van der Waals surface area contributed by atoms with Crippen LogP contribution in [0.25, 0.3) is 23.1 Å². The molecule has 0 spiro atoms. The predicted octanol–water partition coefficient (Wildman–Crippen LogP) is 2.14. The molecular formula is C15H15N. The Morgan fingerprint density at radius 3 is 2.94 bits per heavy atom. The van der Waals surface area contributed by atoms with Crippen LogP contribution in [0.1, 0.15) is 18.9 Å². The van der Waals surface area contributed by atoms with Crippen LogP contribution in [0.3, 0.4) is 0 Å². The van der Waals surface area contributed by atoms with E-state index in [-0.39, 0.29) is 0 Å². The van der Waals surface area contributed by atoms with Crippen molar-refractivity contribution in [3.8, 4) is 0 Å². The zero-order valence-electron chi connectivity index (χ0n) is 9.70. The van der Waals surface area contributed by atoms with E-state index >= 15 is 0 Å². The SMILES string of the molecule is Cc1c2c(nc3ccccc13)=CC(C)CC=2. The lowest BCUT2D eigenvalue weighted by Crippen LogP contribution is -2.34. The van der Waals surface area contributed by atoms with Gasteiger partial charge in [0.25, 0.3) is 0 Å². The number of hydrogen-bond acceptors (Lipinski definition) is 1. The molecule has 0 aliphatic heterocycles. The van der Waals surface area contributed by atoms with Crippen molar-refractivity contribution >= 4 is 23.1 Å². The topological polar surface area (TPSA) is 12.9 Å². The van der Waals surface area contributed by atoms with Gasteiger partial charge in [-0.25, -0.2) is 4.98 Å². The first-order valence-electron chi connectivity index (χ1n) is 5.83. The normalized spacial score (nSPS) is 18.8. The minimum Gasteiger partial charge on any atom is -0.248 e. The van der Waals surface area contributed by atoms with Gasteiger partial charge in [-0.05, 0) is 36.1 Å². The highest BCUT2D eigenvalue weighted by molar-refractivity contribution is 5.82. The Morgan fingerprint density at radius 1 is 1.25 bits per heavy atom. The maximum atomic E-state index is 4.74. The number of nitrogens with zero attached hydrogens (tertiary/aromatic N) is 1. The molecule has 0 fully saturated rings. The molecule has 80 valence electrons. The van der Waals surface area contributed by atoms with Gasteiger partial charge in [-0.3, -0.25) is 0 Å². The molecule has 2 aromatic rings. The molecule has 0 radical (unpaired) electrons. The lowest BCUT2D eigenvalue weighted by molar-refractivity contribution is 0.795. The second kappa shape index (κ2) is 3.44. The second-order valence-electron chi connectivity index (χ2n) is 4.64. The summed E-state index contributed by atoms with van der Waals surface area (Å²) in [6.07, 6.45) is 5.75. The third kappa shape index (κ3) is 1.35. The zero-order chi connectivity index (χ0) is 11.1. The van der Waals surface area contributed by atoms with Crippen LogP contribution in [0.4, 0.5) is 0 Å². The van der Waals surface area contributed by atoms with Crippen LogP contribution in [0.15, 0.2) is 24.3 Å². The summed E-state index contributed by atoms with van der Waals surface area (Å²) in [5.74, 6) is 0.612. The lowest BCUT2D eigenvalue weighted by Gasteiger charge is -2.10. The zero-order valence-corrected chi connectivity index (χ0v) is 9.70. The van der Waals surface area contributed by atoms with E-state index in [0.717, 1.165) is 17.3 Å². The van der Waals surface area contributed by atoms with Crippen LogP contribution in [-0.4, -0.2) is 4.98 Å². The number of fused-ring (bicyclic) bond motifs is 2. The first kappa shape index (κ1) is 9.59. The van der Waals surface area contributed by atoms with Gasteiger partial charge in [0, 0.05) is 5.39 Å². The molecule has 1 aromatic carbocycles. The van der Waals surface area contributed by atoms with E-state index in [0.29, 0.717) is 5.92 Å². The highest BCUT2D eigenvalue weighted by Gasteiger charge is 2.07. The molecule has 0 bridgehead atoms. The van der Waals surface area contributed by atoms with Gasteiger partial charge in [0.05, 0.1) is 10.9 Å². The number of pyridine rings is 1. The first-order chi connectivity index (χ1) is 7.75. The van der Waals surface area contributed by atoms with Crippen LogP contribution in [0.5, 0.6) is 0 Å². The molecule has 1 aliphatic rings. The summed E-state index contributed by atoms with van der Waals surface area (Å²) >= 11 is 0. The molecule has 1 nitrogen and oxygen atoms in total. The largest absolute Gasteiger partial charge is 0.248 e. The summed E-state index contributed by atoms with van der Waals surface area (Å²) in [6.45, 7) is 4.44. The van der Waals surface area contributed by atoms with Crippen molar-refractivity contribution in [1.29, 1.82) is 0 Å². The van der Waals surface area contributed by atoms with Crippen LogP contribution in [0.2, 0.25) is 0 Å². The van der Waals surface area contributed by atoms with Crippen molar-refractivity contribution in [2.45, 2.75) is 20.3 Å². The fraction of sp³-hybridized carbons (Fsp3) is 0.267. The lowest BCUT2D eigenvalue weighted by atomic mass is 9.98. The molecule has 16 heavy (non-hydrogen) atoms. The summed E-state index contributed by atoms with van der Waals surface area (Å²) in [5.41, 5.74) is 2.47. The highest BCUT2D eigenvalue weighted by Crippen LogP contribution is 2.13. The number of aryl methyl sites for hydroxylation is 1. The van der Waals surface area contributed by atoms with Gasteiger partial charge < -0.3 is 0 Å². The van der Waals surface area contributed by atoms with E-state index < -0.39 is 0 Å². The Balaban J connectivity index is 2.52. The fourth-order valence-electron chi connectivity index (χ4n) is 2.44. The Kier molecular flexibility index (Phi) is 2.06. The Hall–Kier alpha value is -1.63. The van der Waals surface area contributed by atoms with Crippen LogP contribution < -0.4 is 10.6 Å². The quantitative estimate of drug-likeness (QED) is 0.648. The minimum atomic E-state index is 0.612. The van der Waals surface area contributed by atoms with Crippen molar-refractivity contribution in [3.63, 3.8) is 0 Å². The molecule has 1 atom stereocenters. The predicted molar refractivity (Wildman–Crippen MR) is 68.4 cm³/mol. The standard InChI is InChI=1S/C15H15N/c1-10-7-8-13-11(2)12-5-3-4-6-14(12)16-15(13)9-10/h3-6,8-10H,7H2,1-2H3. The number of aromatic nitrogens is 1. The smallest absolute Gasteiger partial charge is 0.0712 e.